The summed E-state index contributed by atoms with van der Waals surface area (Å²) in [5.41, 5.74) is 1.39. The molecule has 0 aliphatic carbocycles. The van der Waals surface area contributed by atoms with Gasteiger partial charge in [0, 0.05) is 25.2 Å². The summed E-state index contributed by atoms with van der Waals surface area (Å²) in [5, 5.41) is 6.88. The van der Waals surface area contributed by atoms with Crippen LogP contribution in [0.15, 0.2) is 52.6 Å². The smallest absolute Gasteiger partial charge is 0.410 e. The number of hydrogen-bond acceptors (Lipinski definition) is 8. The van der Waals surface area contributed by atoms with Crippen molar-refractivity contribution in [3.8, 4) is 17.0 Å². The zero-order valence-electron chi connectivity index (χ0n) is 24.2. The van der Waals surface area contributed by atoms with Crippen LogP contribution in [0.2, 0.25) is 5.02 Å². The summed E-state index contributed by atoms with van der Waals surface area (Å²) in [6.07, 6.45) is 0.0877. The van der Waals surface area contributed by atoms with Crippen LogP contribution in [0, 0.1) is 11.6 Å². The first-order valence-corrected chi connectivity index (χ1v) is 14.3. The molecule has 43 heavy (non-hydrogen) atoms. The van der Waals surface area contributed by atoms with Crippen LogP contribution in [-0.4, -0.2) is 59.5 Å². The molecule has 5 rings (SSSR count). The zero-order valence-corrected chi connectivity index (χ0v) is 25.0. The van der Waals surface area contributed by atoms with E-state index in [2.05, 4.69) is 10.5 Å². The first kappa shape index (κ1) is 30.5. The summed E-state index contributed by atoms with van der Waals surface area (Å²) in [6.45, 7) is 8.10. The second-order valence-corrected chi connectivity index (χ2v) is 11.7. The third-order valence-corrected chi connectivity index (χ3v) is 7.36. The highest BCUT2D eigenvalue weighted by Crippen LogP contribution is 2.35. The van der Waals surface area contributed by atoms with Gasteiger partial charge in [-0.3, -0.25) is 0 Å². The number of benzene rings is 2. The number of ether oxygens (including phenoxy) is 3. The summed E-state index contributed by atoms with van der Waals surface area (Å²) in [6, 6.07) is 10.1. The van der Waals surface area contributed by atoms with E-state index in [1.54, 1.807) is 24.0 Å². The molecule has 1 amide bonds. The number of esters is 1. The van der Waals surface area contributed by atoms with Crippen molar-refractivity contribution in [2.75, 3.05) is 19.7 Å². The maximum Gasteiger partial charge on any atom is 0.410 e. The normalized spacial score (nSPS) is 18.4. The molecular formula is C31H32ClF2N3O6. The molecule has 0 spiro atoms. The molecule has 2 aromatic carbocycles. The number of hydrogen-bond donors (Lipinski definition) is 1. The minimum absolute atomic E-state index is 0.0216. The second-order valence-electron chi connectivity index (χ2n) is 11.3. The van der Waals surface area contributed by atoms with Crippen molar-refractivity contribution >= 4 is 29.2 Å². The number of halogens is 3. The van der Waals surface area contributed by atoms with E-state index < -0.39 is 35.3 Å². The largest absolute Gasteiger partial charge is 0.486 e. The third kappa shape index (κ3) is 6.83. The van der Waals surface area contributed by atoms with E-state index in [-0.39, 0.29) is 47.8 Å². The quantitative estimate of drug-likeness (QED) is 0.249. The summed E-state index contributed by atoms with van der Waals surface area (Å²) in [4.78, 5) is 27.6. The van der Waals surface area contributed by atoms with Crippen LogP contribution < -0.4 is 10.1 Å². The standard InChI is InChI=1S/C31H32ClF2N3O6/c1-5-40-29(38)26-21(12-18-14-37(15-25(26)35-18)30(39)42-31(2,3)4)17-6-8-19(9-7-17)41-16-20-13-24(36-43-20)27-22(33)10-11-23(34)28(27)32/h6-11,13,18,25,35H,5,12,14-16H2,1-4H3. The highest BCUT2D eigenvalue weighted by molar-refractivity contribution is 6.33. The van der Waals surface area contributed by atoms with Gasteiger partial charge in [-0.25, -0.2) is 18.4 Å². The van der Waals surface area contributed by atoms with Crippen LogP contribution in [0.4, 0.5) is 13.6 Å². The Bertz CT molecular complexity index is 1550. The van der Waals surface area contributed by atoms with Gasteiger partial charge in [-0.05, 0) is 69.5 Å². The Labute approximate surface area is 252 Å². The Morgan fingerprint density at radius 3 is 2.53 bits per heavy atom. The van der Waals surface area contributed by atoms with E-state index >= 15 is 0 Å². The minimum atomic E-state index is -0.766. The Morgan fingerprint density at radius 1 is 1.12 bits per heavy atom. The van der Waals surface area contributed by atoms with Crippen LogP contribution in [0.25, 0.3) is 16.8 Å². The Morgan fingerprint density at radius 2 is 1.84 bits per heavy atom. The van der Waals surface area contributed by atoms with Crippen molar-refractivity contribution in [1.29, 1.82) is 0 Å². The number of nitrogens with zero attached hydrogens (tertiary/aromatic N) is 2. The van der Waals surface area contributed by atoms with Crippen LogP contribution in [0.3, 0.4) is 0 Å². The van der Waals surface area contributed by atoms with Gasteiger partial charge in [0.25, 0.3) is 0 Å². The number of carbonyl (C=O) groups excluding carboxylic acids is 2. The van der Waals surface area contributed by atoms with E-state index in [1.807, 2.05) is 32.9 Å². The van der Waals surface area contributed by atoms with Crippen molar-refractivity contribution in [1.82, 2.24) is 15.4 Å². The lowest BCUT2D eigenvalue weighted by molar-refractivity contribution is -0.139. The van der Waals surface area contributed by atoms with E-state index in [0.29, 0.717) is 24.3 Å². The molecule has 2 atom stereocenters. The van der Waals surface area contributed by atoms with Gasteiger partial charge in [-0.1, -0.05) is 28.9 Å². The minimum Gasteiger partial charge on any atom is -0.486 e. The number of nitrogens with one attached hydrogen (secondary N) is 1. The van der Waals surface area contributed by atoms with Gasteiger partial charge in [0.05, 0.1) is 28.8 Å². The van der Waals surface area contributed by atoms with Gasteiger partial charge in [-0.2, -0.15) is 0 Å². The first-order chi connectivity index (χ1) is 20.4. The number of carbonyl (C=O) groups is 2. The predicted octanol–water partition coefficient (Wildman–Crippen LogP) is 6.15. The Balaban J connectivity index is 1.32. The summed E-state index contributed by atoms with van der Waals surface area (Å²) < 4.78 is 50.1. The fraction of sp³-hybridized carbons (Fsp3) is 0.387. The molecular weight excluding hydrogens is 584 g/mol. The fourth-order valence-corrected chi connectivity index (χ4v) is 5.46. The molecule has 3 aromatic rings. The van der Waals surface area contributed by atoms with Crippen molar-refractivity contribution in [2.45, 2.75) is 58.4 Å². The highest BCUT2D eigenvalue weighted by Gasteiger charge is 2.41. The van der Waals surface area contributed by atoms with Crippen molar-refractivity contribution in [3.63, 3.8) is 0 Å². The molecule has 2 aliphatic heterocycles. The van der Waals surface area contributed by atoms with Gasteiger partial charge in [-0.15, -0.1) is 0 Å². The van der Waals surface area contributed by atoms with Gasteiger partial charge < -0.3 is 29.0 Å². The molecule has 12 heteroatoms. The van der Waals surface area contributed by atoms with Gasteiger partial charge in [0.2, 0.25) is 0 Å². The van der Waals surface area contributed by atoms with Crippen molar-refractivity contribution in [2.24, 2.45) is 0 Å². The summed E-state index contributed by atoms with van der Waals surface area (Å²) >= 11 is 5.93. The zero-order chi connectivity index (χ0) is 30.9. The first-order valence-electron chi connectivity index (χ1n) is 13.9. The molecule has 1 saturated heterocycles. The maximum atomic E-state index is 14.3. The molecule has 228 valence electrons. The second kappa shape index (κ2) is 12.3. The molecule has 3 heterocycles. The molecule has 1 fully saturated rings. The monoisotopic (exact) mass is 615 g/mol. The lowest BCUT2D eigenvalue weighted by Gasteiger charge is -2.43. The molecule has 2 bridgehead atoms. The van der Waals surface area contributed by atoms with Crippen LogP contribution in [0.5, 0.6) is 5.75 Å². The number of fused-ring (bicyclic) bond motifs is 2. The van der Waals surface area contributed by atoms with Gasteiger partial charge in [0.15, 0.2) is 5.76 Å². The molecule has 1 aromatic heterocycles. The average Bonchev–Trinajstić information content (AvgIpc) is 3.41. The number of aromatic nitrogens is 1. The number of rotatable bonds is 7. The van der Waals surface area contributed by atoms with E-state index in [1.165, 1.54) is 6.07 Å². The van der Waals surface area contributed by atoms with Crippen molar-refractivity contribution < 1.29 is 37.1 Å². The van der Waals surface area contributed by atoms with Crippen molar-refractivity contribution in [3.05, 3.63) is 76.0 Å². The lowest BCUT2D eigenvalue weighted by atomic mass is 9.83. The van der Waals surface area contributed by atoms with Crippen LogP contribution in [-0.2, 0) is 20.9 Å². The third-order valence-electron chi connectivity index (χ3n) is 6.99. The van der Waals surface area contributed by atoms with Gasteiger partial charge in [0.1, 0.15) is 35.3 Å². The summed E-state index contributed by atoms with van der Waals surface area (Å²) in [5.74, 6) is -1.13. The molecule has 2 unspecified atom stereocenters. The maximum absolute atomic E-state index is 14.3. The number of amides is 1. The van der Waals surface area contributed by atoms with Crippen LogP contribution in [0.1, 0.15) is 45.4 Å². The Kier molecular flexibility index (Phi) is 8.75. The van der Waals surface area contributed by atoms with E-state index in [0.717, 1.165) is 23.3 Å². The lowest BCUT2D eigenvalue weighted by Crippen LogP contribution is -2.61. The molecule has 2 aliphatic rings. The highest BCUT2D eigenvalue weighted by atomic mass is 35.5. The van der Waals surface area contributed by atoms with E-state index in [4.69, 9.17) is 30.3 Å². The van der Waals surface area contributed by atoms with E-state index in [9.17, 15) is 18.4 Å². The average molecular weight is 616 g/mol. The molecule has 1 N–H and O–H groups in total. The SMILES string of the molecule is CCOC(=O)C1=C(c2ccc(OCc3cc(-c4c(F)ccc(F)c4Cl)no3)cc2)CC2CN(C(=O)OC(C)(C)C)CC1N2. The fourth-order valence-electron chi connectivity index (χ4n) is 5.21. The summed E-state index contributed by atoms with van der Waals surface area (Å²) in [7, 11) is 0. The Hall–Kier alpha value is -3.96. The molecule has 9 nitrogen and oxygen atoms in total. The molecule has 0 radical (unpaired) electrons. The molecule has 0 saturated carbocycles. The van der Waals surface area contributed by atoms with Gasteiger partial charge >= 0.3 is 12.1 Å². The topological polar surface area (TPSA) is 103 Å². The van der Waals surface area contributed by atoms with Crippen LogP contribution >= 0.6 is 11.6 Å². The number of piperazine rings is 1. The predicted molar refractivity (Wildman–Crippen MR) is 154 cm³/mol.